The highest BCUT2D eigenvalue weighted by atomic mass is 32.2. The first-order chi connectivity index (χ1) is 14.1. The summed E-state index contributed by atoms with van der Waals surface area (Å²) in [6.07, 6.45) is 5.39. The van der Waals surface area contributed by atoms with Gasteiger partial charge in [-0.05, 0) is 43.8 Å². The fraction of sp³-hybridized carbons (Fsp3) is 0.591. The number of hydrogen-bond donors (Lipinski definition) is 2. The van der Waals surface area contributed by atoms with Crippen molar-refractivity contribution >= 4 is 17.7 Å². The first-order valence-corrected chi connectivity index (χ1v) is 11.9. The summed E-state index contributed by atoms with van der Waals surface area (Å²) in [5.74, 6) is 3.75. The lowest BCUT2D eigenvalue weighted by molar-refractivity contribution is 0.389. The number of aryl methyl sites for hydroxylation is 1. The molecule has 2 aromatic rings. The Balaban J connectivity index is 2.12. The number of aliphatic imine (C=N–C) groups is 1. The third-order valence-electron chi connectivity index (χ3n) is 5.71. The smallest absolute Gasteiger partial charge is 0.191 e. The number of hydrogen-bond acceptors (Lipinski definition) is 4. The van der Waals surface area contributed by atoms with Crippen LogP contribution in [0.5, 0.6) is 0 Å². The summed E-state index contributed by atoms with van der Waals surface area (Å²) in [4.78, 5) is 4.80. The van der Waals surface area contributed by atoms with Crippen LogP contribution in [0.4, 0.5) is 0 Å². The second-order valence-electron chi connectivity index (χ2n) is 7.37. The molecular weight excluding hydrogens is 380 g/mol. The molecule has 0 saturated carbocycles. The van der Waals surface area contributed by atoms with Crippen molar-refractivity contribution in [1.29, 1.82) is 0 Å². The Kier molecular flexibility index (Phi) is 9.51. The van der Waals surface area contributed by atoms with E-state index >= 15 is 0 Å². The SMILES string of the molecule is CCC(CC)(CNC(=NCc1nnc(C)n1C)NCCCSC)c1ccccc1. The molecule has 1 heterocycles. The van der Waals surface area contributed by atoms with E-state index in [1.54, 1.807) is 0 Å². The molecule has 160 valence electrons. The van der Waals surface area contributed by atoms with Gasteiger partial charge in [0.1, 0.15) is 12.4 Å². The van der Waals surface area contributed by atoms with Crippen LogP contribution in [0.1, 0.15) is 50.3 Å². The summed E-state index contributed by atoms with van der Waals surface area (Å²) in [5.41, 5.74) is 1.47. The van der Waals surface area contributed by atoms with Crippen molar-refractivity contribution in [2.24, 2.45) is 12.0 Å². The molecule has 29 heavy (non-hydrogen) atoms. The van der Waals surface area contributed by atoms with Crippen molar-refractivity contribution in [3.05, 3.63) is 47.5 Å². The van der Waals surface area contributed by atoms with Crippen molar-refractivity contribution in [2.75, 3.05) is 25.1 Å². The van der Waals surface area contributed by atoms with E-state index in [1.807, 2.05) is 30.3 Å². The average Bonchev–Trinajstić information content (AvgIpc) is 3.08. The fourth-order valence-electron chi connectivity index (χ4n) is 3.39. The minimum atomic E-state index is 0.0876. The Hall–Kier alpha value is -2.02. The number of nitrogens with one attached hydrogen (secondary N) is 2. The van der Waals surface area contributed by atoms with Crippen molar-refractivity contribution in [3.63, 3.8) is 0 Å². The van der Waals surface area contributed by atoms with Gasteiger partial charge in [0.15, 0.2) is 11.8 Å². The van der Waals surface area contributed by atoms with Crippen LogP contribution in [0.3, 0.4) is 0 Å². The molecule has 0 bridgehead atoms. The Labute approximate surface area is 180 Å². The van der Waals surface area contributed by atoms with E-state index in [0.29, 0.717) is 6.54 Å². The van der Waals surface area contributed by atoms with Crippen LogP contribution in [0.15, 0.2) is 35.3 Å². The van der Waals surface area contributed by atoms with Gasteiger partial charge in [0.25, 0.3) is 0 Å². The summed E-state index contributed by atoms with van der Waals surface area (Å²) >= 11 is 1.87. The lowest BCUT2D eigenvalue weighted by Crippen LogP contribution is -2.45. The number of thioether (sulfide) groups is 1. The first-order valence-electron chi connectivity index (χ1n) is 10.5. The molecule has 1 aromatic heterocycles. The zero-order valence-electron chi connectivity index (χ0n) is 18.5. The van der Waals surface area contributed by atoms with Gasteiger partial charge in [0, 0.05) is 25.6 Å². The second kappa shape index (κ2) is 11.9. The van der Waals surface area contributed by atoms with Crippen molar-refractivity contribution in [3.8, 4) is 0 Å². The molecular formula is C22H36N6S. The number of aromatic nitrogens is 3. The van der Waals surface area contributed by atoms with Gasteiger partial charge in [-0.25, -0.2) is 4.99 Å². The molecule has 0 aliphatic carbocycles. The fourth-order valence-corrected chi connectivity index (χ4v) is 3.82. The van der Waals surface area contributed by atoms with E-state index in [-0.39, 0.29) is 5.41 Å². The van der Waals surface area contributed by atoms with E-state index in [4.69, 9.17) is 4.99 Å². The zero-order valence-corrected chi connectivity index (χ0v) is 19.4. The molecule has 0 amide bonds. The lowest BCUT2D eigenvalue weighted by atomic mass is 9.76. The number of rotatable bonds is 11. The van der Waals surface area contributed by atoms with Crippen molar-refractivity contribution < 1.29 is 0 Å². The molecule has 0 fully saturated rings. The van der Waals surface area contributed by atoms with Crippen molar-refractivity contribution in [2.45, 2.75) is 52.0 Å². The van der Waals surface area contributed by atoms with Crippen LogP contribution in [-0.4, -0.2) is 45.8 Å². The van der Waals surface area contributed by atoms with Gasteiger partial charge in [-0.15, -0.1) is 10.2 Å². The average molecular weight is 417 g/mol. The van der Waals surface area contributed by atoms with Gasteiger partial charge < -0.3 is 15.2 Å². The zero-order chi connectivity index (χ0) is 21.1. The summed E-state index contributed by atoms with van der Waals surface area (Å²) in [5, 5.41) is 15.5. The van der Waals surface area contributed by atoms with Gasteiger partial charge in [-0.1, -0.05) is 44.2 Å². The first kappa shape index (κ1) is 23.3. The van der Waals surface area contributed by atoms with Crippen LogP contribution in [0.2, 0.25) is 0 Å². The number of guanidine groups is 1. The van der Waals surface area contributed by atoms with Crippen LogP contribution >= 0.6 is 11.8 Å². The monoisotopic (exact) mass is 416 g/mol. The molecule has 6 nitrogen and oxygen atoms in total. The lowest BCUT2D eigenvalue weighted by Gasteiger charge is -2.33. The number of nitrogens with zero attached hydrogens (tertiary/aromatic N) is 4. The molecule has 7 heteroatoms. The van der Waals surface area contributed by atoms with E-state index in [1.165, 1.54) is 5.56 Å². The largest absolute Gasteiger partial charge is 0.356 e. The quantitative estimate of drug-likeness (QED) is 0.332. The maximum absolute atomic E-state index is 4.80. The standard InChI is InChI=1S/C22H36N6S/c1-6-22(7-2,19-12-9-8-10-13-19)17-25-21(23-14-11-15-29-5)24-16-20-27-26-18(3)28(20)4/h8-10,12-13H,6-7,11,14-17H2,1-5H3,(H2,23,24,25). The number of benzene rings is 1. The third-order valence-corrected chi connectivity index (χ3v) is 6.41. The van der Waals surface area contributed by atoms with Gasteiger partial charge in [-0.2, -0.15) is 11.8 Å². The summed E-state index contributed by atoms with van der Waals surface area (Å²) in [6, 6.07) is 10.8. The van der Waals surface area contributed by atoms with Crippen LogP contribution in [0.25, 0.3) is 0 Å². The predicted octanol–water partition coefficient (Wildman–Crippen LogP) is 3.67. The van der Waals surface area contributed by atoms with Crippen molar-refractivity contribution in [1.82, 2.24) is 25.4 Å². The minimum Gasteiger partial charge on any atom is -0.356 e. The molecule has 0 aliphatic heterocycles. The Bertz CT molecular complexity index is 752. The highest BCUT2D eigenvalue weighted by molar-refractivity contribution is 7.98. The Morgan fingerprint density at radius 3 is 2.45 bits per heavy atom. The van der Waals surface area contributed by atoms with E-state index in [2.05, 4.69) is 71.3 Å². The van der Waals surface area contributed by atoms with Gasteiger partial charge in [0.05, 0.1) is 0 Å². The molecule has 1 aromatic carbocycles. The maximum Gasteiger partial charge on any atom is 0.191 e. The molecule has 0 saturated heterocycles. The predicted molar refractivity (Wildman–Crippen MR) is 125 cm³/mol. The molecule has 0 unspecified atom stereocenters. The Morgan fingerprint density at radius 1 is 1.14 bits per heavy atom. The molecule has 2 rings (SSSR count). The molecule has 0 spiro atoms. The maximum atomic E-state index is 4.80. The van der Waals surface area contributed by atoms with Crippen LogP contribution in [-0.2, 0) is 19.0 Å². The normalized spacial score (nSPS) is 12.2. The minimum absolute atomic E-state index is 0.0876. The molecule has 0 aliphatic rings. The van der Waals surface area contributed by atoms with E-state index < -0.39 is 0 Å². The highest BCUT2D eigenvalue weighted by Crippen LogP contribution is 2.30. The molecule has 2 N–H and O–H groups in total. The summed E-state index contributed by atoms with van der Waals surface area (Å²) in [6.45, 7) is 8.74. The Morgan fingerprint density at radius 2 is 1.86 bits per heavy atom. The van der Waals surface area contributed by atoms with E-state index in [0.717, 1.165) is 55.7 Å². The van der Waals surface area contributed by atoms with Crippen LogP contribution < -0.4 is 10.6 Å². The third kappa shape index (κ3) is 6.49. The van der Waals surface area contributed by atoms with E-state index in [9.17, 15) is 0 Å². The van der Waals surface area contributed by atoms with Gasteiger partial charge in [-0.3, -0.25) is 0 Å². The van der Waals surface area contributed by atoms with Gasteiger partial charge in [0.2, 0.25) is 0 Å². The van der Waals surface area contributed by atoms with Crippen LogP contribution in [0, 0.1) is 6.92 Å². The molecule has 0 radical (unpaired) electrons. The molecule has 0 atom stereocenters. The summed E-state index contributed by atoms with van der Waals surface area (Å²) in [7, 11) is 1.98. The highest BCUT2D eigenvalue weighted by Gasteiger charge is 2.28. The van der Waals surface area contributed by atoms with Gasteiger partial charge >= 0.3 is 0 Å². The topological polar surface area (TPSA) is 67.1 Å². The summed E-state index contributed by atoms with van der Waals surface area (Å²) < 4.78 is 1.99. The second-order valence-corrected chi connectivity index (χ2v) is 8.35.